The van der Waals surface area contributed by atoms with Gasteiger partial charge in [0.15, 0.2) is 9.84 Å². The van der Waals surface area contributed by atoms with Gasteiger partial charge in [0, 0.05) is 6.04 Å². The first-order valence-corrected chi connectivity index (χ1v) is 10.1. The van der Waals surface area contributed by atoms with E-state index in [0.717, 1.165) is 38.6 Å². The molecule has 1 fully saturated rings. The lowest BCUT2D eigenvalue weighted by Gasteiger charge is -2.36. The Morgan fingerprint density at radius 1 is 1.20 bits per heavy atom. The van der Waals surface area contributed by atoms with E-state index in [1.165, 1.54) is 6.42 Å². The van der Waals surface area contributed by atoms with E-state index in [1.807, 2.05) is 0 Å². The smallest absolute Gasteiger partial charge is 0.154 e. The Balaban J connectivity index is 2.75. The number of hydrogen-bond acceptors (Lipinski definition) is 3. The van der Waals surface area contributed by atoms with Crippen LogP contribution < -0.4 is 5.32 Å². The monoisotopic (exact) mass is 303 g/mol. The fourth-order valence-corrected chi connectivity index (χ4v) is 5.49. The lowest BCUT2D eigenvalue weighted by Crippen LogP contribution is -2.49. The quantitative estimate of drug-likeness (QED) is 0.747. The average molecular weight is 304 g/mol. The molecule has 0 aromatic carbocycles. The van der Waals surface area contributed by atoms with Crippen molar-refractivity contribution in [3.8, 4) is 0 Å². The van der Waals surface area contributed by atoms with Crippen LogP contribution in [0.4, 0.5) is 0 Å². The summed E-state index contributed by atoms with van der Waals surface area (Å²) in [4.78, 5) is 0. The molecule has 120 valence electrons. The van der Waals surface area contributed by atoms with Crippen molar-refractivity contribution >= 4 is 9.84 Å². The molecule has 0 aromatic rings. The Morgan fingerprint density at radius 3 is 2.45 bits per heavy atom. The molecule has 1 rings (SSSR count). The summed E-state index contributed by atoms with van der Waals surface area (Å²) >= 11 is 0. The van der Waals surface area contributed by atoms with Gasteiger partial charge in [0.1, 0.15) is 0 Å². The maximum Gasteiger partial charge on any atom is 0.154 e. The predicted octanol–water partition coefficient (Wildman–Crippen LogP) is 3.39. The van der Waals surface area contributed by atoms with Gasteiger partial charge in [-0.05, 0) is 50.5 Å². The SMILES string of the molecule is CCCNC1CCC(CC)CC1S(=O)(=O)CCC(C)C. The van der Waals surface area contributed by atoms with E-state index in [1.54, 1.807) is 0 Å². The Morgan fingerprint density at radius 2 is 1.90 bits per heavy atom. The third-order valence-electron chi connectivity index (χ3n) is 4.58. The Kier molecular flexibility index (Phi) is 7.52. The van der Waals surface area contributed by atoms with Crippen LogP contribution in [0.2, 0.25) is 0 Å². The first-order valence-electron chi connectivity index (χ1n) is 8.35. The van der Waals surface area contributed by atoms with Crippen molar-refractivity contribution < 1.29 is 8.42 Å². The fraction of sp³-hybridized carbons (Fsp3) is 1.00. The Labute approximate surface area is 125 Å². The molecule has 20 heavy (non-hydrogen) atoms. The lowest BCUT2D eigenvalue weighted by atomic mass is 9.84. The van der Waals surface area contributed by atoms with E-state index in [0.29, 0.717) is 17.6 Å². The first-order chi connectivity index (χ1) is 9.40. The molecule has 1 saturated carbocycles. The van der Waals surface area contributed by atoms with Crippen LogP contribution in [0.5, 0.6) is 0 Å². The van der Waals surface area contributed by atoms with Crippen LogP contribution >= 0.6 is 0 Å². The normalized spacial score (nSPS) is 27.9. The maximum atomic E-state index is 12.7. The molecule has 0 aliphatic heterocycles. The van der Waals surface area contributed by atoms with Crippen molar-refractivity contribution in [2.45, 2.75) is 77.5 Å². The van der Waals surface area contributed by atoms with E-state index in [9.17, 15) is 8.42 Å². The van der Waals surface area contributed by atoms with Gasteiger partial charge in [-0.3, -0.25) is 0 Å². The summed E-state index contributed by atoms with van der Waals surface area (Å²) < 4.78 is 25.4. The van der Waals surface area contributed by atoms with Crippen LogP contribution in [0.1, 0.15) is 66.2 Å². The third-order valence-corrected chi connectivity index (χ3v) is 6.82. The van der Waals surface area contributed by atoms with Crippen molar-refractivity contribution in [3.05, 3.63) is 0 Å². The van der Waals surface area contributed by atoms with Gasteiger partial charge >= 0.3 is 0 Å². The van der Waals surface area contributed by atoms with Gasteiger partial charge in [0.25, 0.3) is 0 Å². The van der Waals surface area contributed by atoms with E-state index >= 15 is 0 Å². The van der Waals surface area contributed by atoms with E-state index < -0.39 is 9.84 Å². The second kappa shape index (κ2) is 8.38. The largest absolute Gasteiger partial charge is 0.313 e. The summed E-state index contributed by atoms with van der Waals surface area (Å²) in [5, 5.41) is 3.32. The first kappa shape index (κ1) is 18.0. The molecular formula is C16H33NO2S. The topological polar surface area (TPSA) is 46.2 Å². The Bertz CT molecular complexity index is 365. The molecule has 4 heteroatoms. The molecule has 3 atom stereocenters. The average Bonchev–Trinajstić information content (AvgIpc) is 2.43. The molecule has 1 N–H and O–H groups in total. The number of rotatable bonds is 8. The molecule has 3 nitrogen and oxygen atoms in total. The van der Waals surface area contributed by atoms with E-state index in [-0.39, 0.29) is 11.3 Å². The highest BCUT2D eigenvalue weighted by Crippen LogP contribution is 2.32. The van der Waals surface area contributed by atoms with Crippen LogP contribution in [0.15, 0.2) is 0 Å². The van der Waals surface area contributed by atoms with Gasteiger partial charge in [-0.15, -0.1) is 0 Å². The summed E-state index contributed by atoms with van der Waals surface area (Å²) in [5.74, 6) is 1.40. The van der Waals surface area contributed by atoms with Gasteiger partial charge in [0.05, 0.1) is 11.0 Å². The molecule has 0 bridgehead atoms. The molecule has 0 heterocycles. The van der Waals surface area contributed by atoms with Crippen LogP contribution in [0.25, 0.3) is 0 Å². The number of nitrogens with one attached hydrogen (secondary N) is 1. The van der Waals surface area contributed by atoms with Gasteiger partial charge in [-0.25, -0.2) is 8.42 Å². The highest BCUT2D eigenvalue weighted by molar-refractivity contribution is 7.92. The van der Waals surface area contributed by atoms with Gasteiger partial charge in [0.2, 0.25) is 0 Å². The molecule has 0 radical (unpaired) electrons. The molecule has 1 aliphatic carbocycles. The third kappa shape index (κ3) is 5.36. The van der Waals surface area contributed by atoms with Crippen molar-refractivity contribution in [2.75, 3.05) is 12.3 Å². The molecule has 3 unspecified atom stereocenters. The van der Waals surface area contributed by atoms with E-state index in [4.69, 9.17) is 0 Å². The summed E-state index contributed by atoms with van der Waals surface area (Å²) in [6, 6.07) is 0.176. The highest BCUT2D eigenvalue weighted by atomic mass is 32.2. The minimum Gasteiger partial charge on any atom is -0.313 e. The lowest BCUT2D eigenvalue weighted by molar-refractivity contribution is 0.287. The number of sulfone groups is 1. The zero-order valence-corrected chi connectivity index (χ0v) is 14.5. The minimum atomic E-state index is -2.96. The number of hydrogen-bond donors (Lipinski definition) is 1. The molecular weight excluding hydrogens is 270 g/mol. The summed E-state index contributed by atoms with van der Waals surface area (Å²) in [6.07, 6.45) is 6.01. The van der Waals surface area contributed by atoms with Crippen LogP contribution in [0, 0.1) is 11.8 Å². The molecule has 0 saturated heterocycles. The second-order valence-corrected chi connectivity index (χ2v) is 9.08. The standard InChI is InChI=1S/C16H33NO2S/c1-5-10-17-15-8-7-14(6-2)12-16(15)20(18,19)11-9-13(3)4/h13-17H,5-12H2,1-4H3. The molecule has 0 aromatic heterocycles. The molecule has 0 amide bonds. The van der Waals surface area contributed by atoms with Crippen LogP contribution in [0.3, 0.4) is 0 Å². The van der Waals surface area contributed by atoms with Gasteiger partial charge in [-0.1, -0.05) is 34.1 Å². The maximum absolute atomic E-state index is 12.7. The molecule has 0 spiro atoms. The second-order valence-electron chi connectivity index (χ2n) is 6.74. The molecule has 1 aliphatic rings. The van der Waals surface area contributed by atoms with Crippen molar-refractivity contribution in [3.63, 3.8) is 0 Å². The van der Waals surface area contributed by atoms with Gasteiger partial charge < -0.3 is 5.32 Å². The Hall–Kier alpha value is -0.0900. The summed E-state index contributed by atoms with van der Waals surface area (Å²) in [5.41, 5.74) is 0. The van der Waals surface area contributed by atoms with Crippen molar-refractivity contribution in [1.82, 2.24) is 5.32 Å². The van der Waals surface area contributed by atoms with Crippen molar-refractivity contribution in [1.29, 1.82) is 0 Å². The zero-order valence-electron chi connectivity index (χ0n) is 13.7. The van der Waals surface area contributed by atoms with Crippen LogP contribution in [-0.2, 0) is 9.84 Å². The highest BCUT2D eigenvalue weighted by Gasteiger charge is 2.37. The van der Waals surface area contributed by atoms with Gasteiger partial charge in [-0.2, -0.15) is 0 Å². The van der Waals surface area contributed by atoms with Crippen molar-refractivity contribution in [2.24, 2.45) is 11.8 Å². The fourth-order valence-electron chi connectivity index (χ4n) is 3.09. The minimum absolute atomic E-state index is 0.161. The summed E-state index contributed by atoms with van der Waals surface area (Å²) in [7, 11) is -2.96. The van der Waals surface area contributed by atoms with Crippen LogP contribution in [-0.4, -0.2) is 32.0 Å². The van der Waals surface area contributed by atoms with E-state index in [2.05, 4.69) is 33.0 Å². The predicted molar refractivity (Wildman–Crippen MR) is 86.7 cm³/mol. The summed E-state index contributed by atoms with van der Waals surface area (Å²) in [6.45, 7) is 9.43. The zero-order chi connectivity index (χ0) is 15.2.